The number of hydrogen-bond donors (Lipinski definition) is 2. The molecular weight excluding hydrogens is 427 g/mol. The lowest BCUT2D eigenvalue weighted by Gasteiger charge is -2.35. The Kier molecular flexibility index (Phi) is 12.9. The van der Waals surface area contributed by atoms with Crippen LogP contribution in [0.2, 0.25) is 0 Å². The Morgan fingerprint density at radius 1 is 1.20 bits per heavy atom. The molecule has 2 N–H and O–H groups in total. The highest BCUT2D eigenvalue weighted by molar-refractivity contribution is 9.10. The summed E-state index contributed by atoms with van der Waals surface area (Å²) in [6.45, 7) is 8.96. The number of phenols is 1. The summed E-state index contributed by atoms with van der Waals surface area (Å²) in [7, 11) is 0. The van der Waals surface area contributed by atoms with Crippen LogP contribution in [0.25, 0.3) is 0 Å². The molecular formula is C18H31BrCl2N2O2. The zero-order chi connectivity index (χ0) is 16.7. The molecule has 0 spiro atoms. The van der Waals surface area contributed by atoms with Gasteiger partial charge in [0.2, 0.25) is 0 Å². The first-order valence-corrected chi connectivity index (χ1v) is 9.56. The maximum atomic E-state index is 10.2. The number of aromatic hydroxyl groups is 1. The number of benzene rings is 1. The first-order valence-electron chi connectivity index (χ1n) is 8.77. The van der Waals surface area contributed by atoms with Crippen LogP contribution in [0.15, 0.2) is 16.6 Å². The third-order valence-electron chi connectivity index (χ3n) is 4.41. The molecule has 0 bridgehead atoms. The van der Waals surface area contributed by atoms with Crippen LogP contribution in [0.5, 0.6) is 11.5 Å². The van der Waals surface area contributed by atoms with Gasteiger partial charge in [0.1, 0.15) is 0 Å². The first kappa shape index (κ1) is 24.8. The molecule has 0 unspecified atom stereocenters. The van der Waals surface area contributed by atoms with Gasteiger partial charge in [-0.1, -0.05) is 26.2 Å². The molecule has 1 atom stereocenters. The highest BCUT2D eigenvalue weighted by atomic mass is 79.9. The molecule has 1 fully saturated rings. The predicted octanol–water partition coefficient (Wildman–Crippen LogP) is 4.92. The Labute approximate surface area is 172 Å². The molecule has 1 saturated heterocycles. The van der Waals surface area contributed by atoms with Crippen molar-refractivity contribution in [3.05, 3.63) is 22.2 Å². The van der Waals surface area contributed by atoms with Crippen LogP contribution in [0, 0.1) is 0 Å². The summed E-state index contributed by atoms with van der Waals surface area (Å²) in [5.74, 6) is 0.774. The summed E-state index contributed by atoms with van der Waals surface area (Å²) in [4.78, 5) is 2.56. The van der Waals surface area contributed by atoms with E-state index in [-0.39, 0.29) is 30.6 Å². The van der Waals surface area contributed by atoms with E-state index in [0.29, 0.717) is 22.9 Å². The van der Waals surface area contributed by atoms with Crippen LogP contribution < -0.4 is 10.1 Å². The van der Waals surface area contributed by atoms with Gasteiger partial charge in [0.15, 0.2) is 11.5 Å². The largest absolute Gasteiger partial charge is 0.503 e. The number of hydrogen-bond acceptors (Lipinski definition) is 4. The number of piperazine rings is 1. The van der Waals surface area contributed by atoms with E-state index in [1.54, 1.807) is 0 Å². The summed E-state index contributed by atoms with van der Waals surface area (Å²) in [5, 5.41) is 13.6. The molecule has 7 heteroatoms. The molecule has 1 heterocycles. The number of unbranched alkanes of at least 4 members (excludes halogenated alkanes) is 2. The highest BCUT2D eigenvalue weighted by Gasteiger charge is 2.23. The third-order valence-corrected chi connectivity index (χ3v) is 5.01. The van der Waals surface area contributed by atoms with Gasteiger partial charge in [-0.15, -0.1) is 24.8 Å². The van der Waals surface area contributed by atoms with Crippen LogP contribution in [0.1, 0.15) is 51.1 Å². The van der Waals surface area contributed by atoms with Gasteiger partial charge in [0.05, 0.1) is 11.1 Å². The third kappa shape index (κ3) is 7.14. The van der Waals surface area contributed by atoms with Gasteiger partial charge >= 0.3 is 0 Å². The average molecular weight is 458 g/mol. The monoisotopic (exact) mass is 456 g/mol. The van der Waals surface area contributed by atoms with Crippen LogP contribution in [0.4, 0.5) is 0 Å². The summed E-state index contributed by atoms with van der Waals surface area (Å²) in [6, 6.07) is 4.46. The normalized spacial score (nSPS) is 15.8. The minimum Gasteiger partial charge on any atom is -0.503 e. The highest BCUT2D eigenvalue weighted by Crippen LogP contribution is 2.39. The van der Waals surface area contributed by atoms with Gasteiger partial charge < -0.3 is 15.2 Å². The fourth-order valence-electron chi connectivity index (χ4n) is 3.19. The number of nitrogens with zero attached hydrogens (tertiary/aromatic N) is 1. The van der Waals surface area contributed by atoms with Gasteiger partial charge in [-0.2, -0.15) is 0 Å². The van der Waals surface area contributed by atoms with Gasteiger partial charge in [-0.25, -0.2) is 0 Å². The molecule has 2 rings (SSSR count). The fourth-order valence-corrected chi connectivity index (χ4v) is 3.65. The standard InChI is InChI=1S/C18H29BrN2O2.2ClH/c1-3-5-6-7-16(21-10-8-20-9-11-21)14-12-15(19)18(22)17(13-14)23-4-2;;/h12-13,16,20,22H,3-11H2,1-2H3;2*1H/t16-;;/m1../s1. The molecule has 0 aromatic heterocycles. The Bertz CT molecular complexity index is 500. The van der Waals surface area contributed by atoms with Crippen molar-refractivity contribution in [3.63, 3.8) is 0 Å². The van der Waals surface area contributed by atoms with Crippen LogP contribution >= 0.6 is 40.7 Å². The van der Waals surface area contributed by atoms with Crippen molar-refractivity contribution in [2.24, 2.45) is 0 Å². The molecule has 1 aliphatic heterocycles. The quantitative estimate of drug-likeness (QED) is 0.543. The van der Waals surface area contributed by atoms with E-state index in [9.17, 15) is 5.11 Å². The number of halogens is 3. The minimum absolute atomic E-state index is 0. The van der Waals surface area contributed by atoms with E-state index in [1.807, 2.05) is 13.0 Å². The molecule has 1 aliphatic rings. The minimum atomic E-state index is 0. The van der Waals surface area contributed by atoms with E-state index in [1.165, 1.54) is 24.8 Å². The first-order chi connectivity index (χ1) is 11.2. The predicted molar refractivity (Wildman–Crippen MR) is 113 cm³/mol. The van der Waals surface area contributed by atoms with Gasteiger partial charge in [-0.3, -0.25) is 4.90 Å². The average Bonchev–Trinajstić information content (AvgIpc) is 2.57. The van der Waals surface area contributed by atoms with Crippen molar-refractivity contribution < 1.29 is 9.84 Å². The second-order valence-electron chi connectivity index (χ2n) is 6.08. The molecule has 146 valence electrons. The van der Waals surface area contributed by atoms with Gasteiger partial charge in [0.25, 0.3) is 0 Å². The van der Waals surface area contributed by atoms with E-state index < -0.39 is 0 Å². The van der Waals surface area contributed by atoms with Crippen molar-refractivity contribution in [2.45, 2.75) is 45.6 Å². The molecule has 4 nitrogen and oxygen atoms in total. The second kappa shape index (κ2) is 13.0. The van der Waals surface area contributed by atoms with Crippen molar-refractivity contribution in [1.82, 2.24) is 10.2 Å². The lowest BCUT2D eigenvalue weighted by atomic mass is 9.97. The number of nitrogens with one attached hydrogen (secondary N) is 1. The Balaban J connectivity index is 0.00000288. The van der Waals surface area contributed by atoms with E-state index in [2.05, 4.69) is 39.1 Å². The molecule has 0 amide bonds. The number of rotatable bonds is 8. The molecule has 0 radical (unpaired) electrons. The molecule has 1 aromatic carbocycles. The van der Waals surface area contributed by atoms with Crippen molar-refractivity contribution in [3.8, 4) is 11.5 Å². The SMILES string of the molecule is CCCCC[C@H](c1cc(Br)c(O)c(OCC)c1)N1CCNCC1.Cl.Cl. The summed E-state index contributed by atoms with van der Waals surface area (Å²) >= 11 is 3.48. The molecule has 0 aliphatic carbocycles. The van der Waals surface area contributed by atoms with Crippen LogP contribution in [-0.4, -0.2) is 42.8 Å². The number of ether oxygens (including phenoxy) is 1. The van der Waals surface area contributed by atoms with Crippen molar-refractivity contribution in [1.29, 1.82) is 0 Å². The molecule has 0 saturated carbocycles. The van der Waals surface area contributed by atoms with Crippen molar-refractivity contribution in [2.75, 3.05) is 32.8 Å². The fraction of sp³-hybridized carbons (Fsp3) is 0.667. The van der Waals surface area contributed by atoms with Crippen LogP contribution in [0.3, 0.4) is 0 Å². The van der Waals surface area contributed by atoms with Crippen molar-refractivity contribution >= 4 is 40.7 Å². The van der Waals surface area contributed by atoms with Gasteiger partial charge in [0, 0.05) is 32.2 Å². The topological polar surface area (TPSA) is 44.7 Å². The Hall–Kier alpha value is -0.200. The zero-order valence-electron chi connectivity index (χ0n) is 15.1. The number of phenolic OH excluding ortho intramolecular Hbond substituents is 1. The van der Waals surface area contributed by atoms with Crippen LogP contribution in [-0.2, 0) is 0 Å². The lowest BCUT2D eigenvalue weighted by Crippen LogP contribution is -2.45. The lowest BCUT2D eigenvalue weighted by molar-refractivity contribution is 0.162. The zero-order valence-corrected chi connectivity index (χ0v) is 18.3. The smallest absolute Gasteiger partial charge is 0.172 e. The Morgan fingerprint density at radius 2 is 1.88 bits per heavy atom. The van der Waals surface area contributed by atoms with E-state index >= 15 is 0 Å². The molecule has 1 aromatic rings. The maximum Gasteiger partial charge on any atom is 0.172 e. The Morgan fingerprint density at radius 3 is 2.48 bits per heavy atom. The van der Waals surface area contributed by atoms with E-state index in [0.717, 1.165) is 32.6 Å². The van der Waals surface area contributed by atoms with E-state index in [4.69, 9.17) is 4.74 Å². The summed E-state index contributed by atoms with van der Waals surface area (Å²) in [5.41, 5.74) is 1.23. The molecule has 25 heavy (non-hydrogen) atoms. The van der Waals surface area contributed by atoms with Gasteiger partial charge in [-0.05, 0) is 47.0 Å². The summed E-state index contributed by atoms with van der Waals surface area (Å²) < 4.78 is 6.33. The second-order valence-corrected chi connectivity index (χ2v) is 6.93. The summed E-state index contributed by atoms with van der Waals surface area (Å²) in [6.07, 6.45) is 4.88. The maximum absolute atomic E-state index is 10.2.